The molecule has 1 aliphatic rings. The zero-order chi connectivity index (χ0) is 13.7. The first kappa shape index (κ1) is 16.8. The molecule has 1 saturated heterocycles. The standard InChI is InChI=1S/C16H22N2O.ClH/c1-13-7-8-18(12-14(13)2)9-10-19-16-5-3-15(11-17)4-6-16;/h3-6,13-14H,7-10,12H2,1-2H3;1H. The van der Waals surface area contributed by atoms with E-state index in [0.717, 1.165) is 24.1 Å². The highest BCUT2D eigenvalue weighted by Gasteiger charge is 2.22. The highest BCUT2D eigenvalue weighted by Crippen LogP contribution is 2.22. The highest BCUT2D eigenvalue weighted by atomic mass is 35.5. The van der Waals surface area contributed by atoms with E-state index >= 15 is 0 Å². The Morgan fingerprint density at radius 1 is 1.25 bits per heavy atom. The van der Waals surface area contributed by atoms with E-state index in [9.17, 15) is 0 Å². The minimum absolute atomic E-state index is 0. The number of hydrogen-bond donors (Lipinski definition) is 0. The second kappa shape index (κ2) is 8.14. The van der Waals surface area contributed by atoms with Crippen LogP contribution in [-0.2, 0) is 0 Å². The normalized spacial score (nSPS) is 22.6. The summed E-state index contributed by atoms with van der Waals surface area (Å²) >= 11 is 0. The van der Waals surface area contributed by atoms with Crippen molar-refractivity contribution in [2.24, 2.45) is 11.8 Å². The molecule has 1 aromatic rings. The third-order valence-electron chi connectivity index (χ3n) is 4.08. The van der Waals surface area contributed by atoms with Crippen molar-refractivity contribution < 1.29 is 4.74 Å². The number of nitriles is 1. The second-order valence-corrected chi connectivity index (χ2v) is 5.53. The Labute approximate surface area is 127 Å². The fourth-order valence-corrected chi connectivity index (χ4v) is 2.47. The molecule has 0 aromatic heterocycles. The lowest BCUT2D eigenvalue weighted by Crippen LogP contribution is -2.40. The number of piperidine rings is 1. The van der Waals surface area contributed by atoms with Crippen LogP contribution in [0.5, 0.6) is 5.75 Å². The van der Waals surface area contributed by atoms with Crippen LogP contribution in [0.3, 0.4) is 0 Å². The average molecular weight is 295 g/mol. The number of hydrogen-bond acceptors (Lipinski definition) is 3. The van der Waals surface area contributed by atoms with Crippen molar-refractivity contribution in [3.63, 3.8) is 0 Å². The van der Waals surface area contributed by atoms with Gasteiger partial charge in [0.25, 0.3) is 0 Å². The molecule has 0 spiro atoms. The molecule has 20 heavy (non-hydrogen) atoms. The predicted molar refractivity (Wildman–Crippen MR) is 83.3 cm³/mol. The van der Waals surface area contributed by atoms with E-state index < -0.39 is 0 Å². The van der Waals surface area contributed by atoms with E-state index in [4.69, 9.17) is 10.00 Å². The molecule has 110 valence electrons. The number of halogens is 1. The molecule has 0 saturated carbocycles. The summed E-state index contributed by atoms with van der Waals surface area (Å²) < 4.78 is 5.72. The van der Waals surface area contributed by atoms with Gasteiger partial charge in [-0.15, -0.1) is 12.4 Å². The first-order chi connectivity index (χ1) is 9.19. The van der Waals surface area contributed by atoms with Gasteiger partial charge in [0.1, 0.15) is 12.4 Å². The minimum atomic E-state index is 0. The maximum atomic E-state index is 8.72. The van der Waals surface area contributed by atoms with Gasteiger partial charge >= 0.3 is 0 Å². The van der Waals surface area contributed by atoms with Crippen LogP contribution in [0.1, 0.15) is 25.8 Å². The molecule has 1 aromatic carbocycles. The third kappa shape index (κ3) is 4.70. The van der Waals surface area contributed by atoms with E-state index in [0.29, 0.717) is 12.2 Å². The molecule has 0 bridgehead atoms. The fraction of sp³-hybridized carbons (Fsp3) is 0.562. The molecule has 1 aliphatic heterocycles. The maximum absolute atomic E-state index is 8.72. The summed E-state index contributed by atoms with van der Waals surface area (Å²) in [6, 6.07) is 9.41. The van der Waals surface area contributed by atoms with Crippen molar-refractivity contribution in [1.29, 1.82) is 5.26 Å². The van der Waals surface area contributed by atoms with Crippen LogP contribution in [0.25, 0.3) is 0 Å². The molecule has 0 radical (unpaired) electrons. The van der Waals surface area contributed by atoms with Crippen molar-refractivity contribution in [1.82, 2.24) is 4.90 Å². The van der Waals surface area contributed by atoms with E-state index in [1.54, 1.807) is 12.1 Å². The van der Waals surface area contributed by atoms with Crippen LogP contribution >= 0.6 is 12.4 Å². The van der Waals surface area contributed by atoms with Crippen LogP contribution in [0.4, 0.5) is 0 Å². The summed E-state index contributed by atoms with van der Waals surface area (Å²) in [6.45, 7) is 8.73. The molecule has 2 unspecified atom stereocenters. The zero-order valence-corrected chi connectivity index (χ0v) is 13.0. The van der Waals surface area contributed by atoms with Gasteiger partial charge < -0.3 is 4.74 Å². The van der Waals surface area contributed by atoms with E-state index in [1.165, 1.54) is 19.5 Å². The molecule has 0 aliphatic carbocycles. The summed E-state index contributed by atoms with van der Waals surface area (Å²) in [5, 5.41) is 8.72. The van der Waals surface area contributed by atoms with Gasteiger partial charge in [-0.2, -0.15) is 5.26 Å². The lowest BCUT2D eigenvalue weighted by Gasteiger charge is -2.35. The molecule has 3 nitrogen and oxygen atoms in total. The van der Waals surface area contributed by atoms with Crippen molar-refractivity contribution in [2.75, 3.05) is 26.2 Å². The van der Waals surface area contributed by atoms with Gasteiger partial charge in [-0.05, 0) is 49.1 Å². The van der Waals surface area contributed by atoms with Crippen LogP contribution in [0, 0.1) is 23.2 Å². The van der Waals surface area contributed by atoms with Gasteiger partial charge in [0.15, 0.2) is 0 Å². The number of likely N-dealkylation sites (tertiary alicyclic amines) is 1. The molecule has 1 heterocycles. The molecule has 0 N–H and O–H groups in total. The summed E-state index contributed by atoms with van der Waals surface area (Å²) in [5.74, 6) is 2.47. The summed E-state index contributed by atoms with van der Waals surface area (Å²) in [5.41, 5.74) is 0.672. The van der Waals surface area contributed by atoms with Gasteiger partial charge in [0, 0.05) is 13.1 Å². The summed E-state index contributed by atoms with van der Waals surface area (Å²) in [4.78, 5) is 2.48. The smallest absolute Gasteiger partial charge is 0.119 e. The van der Waals surface area contributed by atoms with Crippen molar-refractivity contribution >= 4 is 12.4 Å². The van der Waals surface area contributed by atoms with Crippen molar-refractivity contribution in [2.45, 2.75) is 20.3 Å². The topological polar surface area (TPSA) is 36.3 Å². The van der Waals surface area contributed by atoms with Gasteiger partial charge in [-0.1, -0.05) is 13.8 Å². The Morgan fingerprint density at radius 3 is 2.55 bits per heavy atom. The predicted octanol–water partition coefficient (Wildman–Crippen LogP) is 3.34. The molecule has 1 fully saturated rings. The van der Waals surface area contributed by atoms with E-state index in [2.05, 4.69) is 24.8 Å². The maximum Gasteiger partial charge on any atom is 0.119 e. The van der Waals surface area contributed by atoms with Crippen LogP contribution in [0.2, 0.25) is 0 Å². The monoisotopic (exact) mass is 294 g/mol. The Hall–Kier alpha value is -1.24. The second-order valence-electron chi connectivity index (χ2n) is 5.53. The van der Waals surface area contributed by atoms with E-state index in [1.807, 2.05) is 12.1 Å². The Balaban J connectivity index is 0.00000200. The Bertz CT molecular complexity index is 441. The zero-order valence-electron chi connectivity index (χ0n) is 12.2. The number of benzene rings is 1. The van der Waals surface area contributed by atoms with Crippen LogP contribution < -0.4 is 4.74 Å². The first-order valence-electron chi connectivity index (χ1n) is 7.04. The van der Waals surface area contributed by atoms with Crippen molar-refractivity contribution in [3.05, 3.63) is 29.8 Å². The number of rotatable bonds is 4. The highest BCUT2D eigenvalue weighted by molar-refractivity contribution is 5.85. The van der Waals surface area contributed by atoms with Gasteiger partial charge in [-0.25, -0.2) is 0 Å². The molecular formula is C16H23ClN2O. The third-order valence-corrected chi connectivity index (χ3v) is 4.08. The summed E-state index contributed by atoms with van der Waals surface area (Å²) in [6.07, 6.45) is 1.29. The molecule has 2 atom stereocenters. The van der Waals surface area contributed by atoms with Gasteiger partial charge in [0.05, 0.1) is 11.6 Å². The summed E-state index contributed by atoms with van der Waals surface area (Å²) in [7, 11) is 0. The first-order valence-corrected chi connectivity index (χ1v) is 7.04. The quantitative estimate of drug-likeness (QED) is 0.854. The SMILES string of the molecule is CC1CCN(CCOc2ccc(C#N)cc2)CC1C.Cl. The van der Waals surface area contributed by atoms with Gasteiger partial charge in [0.2, 0.25) is 0 Å². The van der Waals surface area contributed by atoms with E-state index in [-0.39, 0.29) is 12.4 Å². The average Bonchev–Trinajstić information content (AvgIpc) is 2.43. The lowest BCUT2D eigenvalue weighted by molar-refractivity contribution is 0.119. The Kier molecular flexibility index (Phi) is 6.84. The molecular weight excluding hydrogens is 272 g/mol. The Morgan fingerprint density at radius 2 is 1.95 bits per heavy atom. The molecule has 2 rings (SSSR count). The lowest BCUT2D eigenvalue weighted by atomic mass is 9.89. The van der Waals surface area contributed by atoms with Crippen LogP contribution in [-0.4, -0.2) is 31.1 Å². The fourth-order valence-electron chi connectivity index (χ4n) is 2.47. The molecule has 4 heteroatoms. The molecule has 0 amide bonds. The number of ether oxygens (including phenoxy) is 1. The minimum Gasteiger partial charge on any atom is -0.492 e. The van der Waals surface area contributed by atoms with Crippen LogP contribution in [0.15, 0.2) is 24.3 Å². The largest absolute Gasteiger partial charge is 0.492 e. The van der Waals surface area contributed by atoms with Crippen molar-refractivity contribution in [3.8, 4) is 11.8 Å². The number of nitrogens with zero attached hydrogens (tertiary/aromatic N) is 2. The van der Waals surface area contributed by atoms with Gasteiger partial charge in [-0.3, -0.25) is 4.90 Å².